The molecular formula is C50H86NO11P. The highest BCUT2D eigenvalue weighted by Crippen LogP contribution is 2.39. The van der Waals surface area contributed by atoms with Crippen LogP contribution in [0.3, 0.4) is 0 Å². The van der Waals surface area contributed by atoms with Crippen molar-refractivity contribution in [2.45, 2.75) is 173 Å². The number of aliphatic hydroxyl groups is 3. The number of hydrogen-bond donors (Lipinski definition) is 3. The number of carbonyl (C=O) groups excluding carboxylic acids is 2. The molecule has 0 aromatic heterocycles. The summed E-state index contributed by atoms with van der Waals surface area (Å²) in [6, 6.07) is 0. The summed E-state index contributed by atoms with van der Waals surface area (Å²) in [4.78, 5) is 37.8. The summed E-state index contributed by atoms with van der Waals surface area (Å²) in [7, 11) is 0.986. The summed E-state index contributed by atoms with van der Waals surface area (Å²) < 4.78 is 33.9. The molecule has 1 saturated carbocycles. The largest absolute Gasteiger partial charge is 0.756 e. The van der Waals surface area contributed by atoms with Gasteiger partial charge in [0.15, 0.2) is 6.10 Å². The van der Waals surface area contributed by atoms with E-state index in [4.69, 9.17) is 18.5 Å². The summed E-state index contributed by atoms with van der Waals surface area (Å²) >= 11 is 0. The lowest BCUT2D eigenvalue weighted by Crippen LogP contribution is -2.37. The topological polar surface area (TPSA) is 172 Å². The van der Waals surface area contributed by atoms with Crippen LogP contribution in [0.15, 0.2) is 72.9 Å². The van der Waals surface area contributed by atoms with Gasteiger partial charge in [-0.05, 0) is 70.1 Å². The quantitative estimate of drug-likeness (QED) is 0.0177. The normalized spacial score (nSPS) is 20.6. The van der Waals surface area contributed by atoms with Gasteiger partial charge in [-0.25, -0.2) is 0 Å². The van der Waals surface area contributed by atoms with E-state index in [-0.39, 0.29) is 37.9 Å². The van der Waals surface area contributed by atoms with Crippen LogP contribution >= 0.6 is 7.82 Å². The van der Waals surface area contributed by atoms with Gasteiger partial charge in [0.1, 0.15) is 19.8 Å². The smallest absolute Gasteiger partial charge is 0.306 e. The molecule has 0 amide bonds. The van der Waals surface area contributed by atoms with E-state index in [1.807, 2.05) is 39.4 Å². The van der Waals surface area contributed by atoms with Crippen molar-refractivity contribution in [2.24, 2.45) is 11.8 Å². The first-order valence-corrected chi connectivity index (χ1v) is 25.4. The molecule has 0 heterocycles. The molecule has 0 bridgehead atoms. The highest BCUT2D eigenvalue weighted by atomic mass is 31.2. The zero-order chi connectivity index (χ0) is 46.6. The van der Waals surface area contributed by atoms with E-state index in [0.29, 0.717) is 43.1 Å². The van der Waals surface area contributed by atoms with Crippen LogP contribution in [0.5, 0.6) is 0 Å². The molecule has 0 aliphatic heterocycles. The Morgan fingerprint density at radius 1 is 0.714 bits per heavy atom. The zero-order valence-electron chi connectivity index (χ0n) is 39.6. The fourth-order valence-electron chi connectivity index (χ4n) is 7.03. The van der Waals surface area contributed by atoms with Crippen molar-refractivity contribution < 1.29 is 57.4 Å². The van der Waals surface area contributed by atoms with Crippen molar-refractivity contribution in [2.75, 3.05) is 47.5 Å². The Labute approximate surface area is 381 Å². The summed E-state index contributed by atoms with van der Waals surface area (Å²) in [6.45, 7) is 3.75. The van der Waals surface area contributed by atoms with E-state index in [1.54, 1.807) is 6.08 Å². The molecule has 63 heavy (non-hydrogen) atoms. The first-order chi connectivity index (χ1) is 30.2. The Morgan fingerprint density at radius 2 is 1.30 bits per heavy atom. The van der Waals surface area contributed by atoms with Gasteiger partial charge in [-0.3, -0.25) is 14.2 Å². The molecule has 0 saturated heterocycles. The molecule has 12 nitrogen and oxygen atoms in total. The Bertz CT molecular complexity index is 1420. The standard InChI is InChI=1S/C50H86NO11P/c1-6-8-10-11-12-13-14-15-16-17-18-19-20-21-22-23-24-25-30-34-49(55)59-41-44(42-61-63(57,58)60-39-38-51(3,4)5)62-50(56)35-31-27-26-29-33-45-46(48(54)40-47(45)53)37-36-43(52)32-28-9-7-2/h12-13,15-16,18-19,21-22,24-25,36-37,43-48,52-54H,6-11,14,17,20,23,26-35,38-42H2,1-5H3/b13-12-,16-15-,19-18-,22-21-,25-24-,37-36+/t43-,44+,45+,46+,47-,48+/m0/s1. The minimum atomic E-state index is -4.71. The summed E-state index contributed by atoms with van der Waals surface area (Å²) in [5, 5.41) is 31.5. The molecule has 0 radical (unpaired) electrons. The maximum Gasteiger partial charge on any atom is 0.306 e. The molecule has 0 aromatic rings. The highest BCUT2D eigenvalue weighted by Gasteiger charge is 2.39. The molecule has 0 aromatic carbocycles. The van der Waals surface area contributed by atoms with Crippen LogP contribution in [0.1, 0.15) is 149 Å². The molecule has 1 fully saturated rings. The maximum atomic E-state index is 12.8. The van der Waals surface area contributed by atoms with E-state index >= 15 is 0 Å². The van der Waals surface area contributed by atoms with Crippen molar-refractivity contribution in [3.8, 4) is 0 Å². The van der Waals surface area contributed by atoms with Gasteiger partial charge in [-0.15, -0.1) is 0 Å². The molecule has 7 atom stereocenters. The lowest BCUT2D eigenvalue weighted by atomic mass is 9.88. The number of aliphatic hydroxyl groups excluding tert-OH is 3. The monoisotopic (exact) mass is 908 g/mol. The summed E-state index contributed by atoms with van der Waals surface area (Å²) in [5.41, 5.74) is 0. The van der Waals surface area contributed by atoms with Gasteiger partial charge < -0.3 is 43.2 Å². The second kappa shape index (κ2) is 36.5. The van der Waals surface area contributed by atoms with E-state index in [2.05, 4.69) is 62.5 Å². The SMILES string of the molecule is CCCCC/C=C\C/C=C\C/C=C\C/C=C\C/C=C\CCC(=O)OC[C@H](COP(=O)([O-])OCC[N+](C)(C)C)OC(=O)CCCCCC[C@@H]1[C@@H](/C=C/[C@@H](O)CCCCC)[C@H](O)C[C@@H]1O. The predicted molar refractivity (Wildman–Crippen MR) is 251 cm³/mol. The average Bonchev–Trinajstić information content (AvgIpc) is 3.50. The molecule has 1 aliphatic rings. The number of unbranched alkanes of at least 4 members (excludes halogenated alkanes) is 8. The van der Waals surface area contributed by atoms with Crippen LogP contribution in [0.25, 0.3) is 0 Å². The van der Waals surface area contributed by atoms with E-state index in [0.717, 1.165) is 64.2 Å². The minimum Gasteiger partial charge on any atom is -0.756 e. The van der Waals surface area contributed by atoms with Gasteiger partial charge in [-0.2, -0.15) is 0 Å². The average molecular weight is 908 g/mol. The number of rotatable bonds is 38. The van der Waals surface area contributed by atoms with E-state index in [1.165, 1.54) is 25.7 Å². The Balaban J connectivity index is 2.50. The van der Waals surface area contributed by atoms with Gasteiger partial charge in [-0.1, -0.05) is 138 Å². The molecule has 3 N–H and O–H groups in total. The molecular weight excluding hydrogens is 822 g/mol. The third-order valence-electron chi connectivity index (χ3n) is 10.8. The number of allylic oxidation sites excluding steroid dienone is 10. The first-order valence-electron chi connectivity index (χ1n) is 23.9. The zero-order valence-corrected chi connectivity index (χ0v) is 40.5. The van der Waals surface area contributed by atoms with Gasteiger partial charge in [0, 0.05) is 25.2 Å². The number of phosphoric ester groups is 1. The highest BCUT2D eigenvalue weighted by molar-refractivity contribution is 7.45. The van der Waals surface area contributed by atoms with Crippen LogP contribution in [0, 0.1) is 11.8 Å². The van der Waals surface area contributed by atoms with Crippen LogP contribution in [-0.2, 0) is 32.7 Å². The van der Waals surface area contributed by atoms with Crippen molar-refractivity contribution in [3.63, 3.8) is 0 Å². The Kier molecular flexibility index (Phi) is 33.8. The fourth-order valence-corrected chi connectivity index (χ4v) is 7.76. The second-order valence-corrected chi connectivity index (χ2v) is 19.1. The number of phosphoric acid groups is 1. The molecule has 1 unspecified atom stereocenters. The third-order valence-corrected chi connectivity index (χ3v) is 11.8. The second-order valence-electron chi connectivity index (χ2n) is 17.7. The van der Waals surface area contributed by atoms with E-state index < -0.39 is 50.8 Å². The first kappa shape index (κ1) is 58.3. The molecule has 362 valence electrons. The number of esters is 2. The lowest BCUT2D eigenvalue weighted by molar-refractivity contribution is -0.870. The van der Waals surface area contributed by atoms with E-state index in [9.17, 15) is 34.4 Å². The van der Waals surface area contributed by atoms with Crippen LogP contribution in [0.4, 0.5) is 0 Å². The number of likely N-dealkylation sites (N-methyl/N-ethyl adjacent to an activating group) is 1. The molecule has 1 rings (SSSR count). The van der Waals surface area contributed by atoms with Crippen molar-refractivity contribution in [1.82, 2.24) is 0 Å². The van der Waals surface area contributed by atoms with Gasteiger partial charge >= 0.3 is 11.9 Å². The Morgan fingerprint density at radius 3 is 1.92 bits per heavy atom. The van der Waals surface area contributed by atoms with Crippen molar-refractivity contribution in [1.29, 1.82) is 0 Å². The van der Waals surface area contributed by atoms with Gasteiger partial charge in [0.05, 0.1) is 46.1 Å². The fraction of sp³-hybridized carbons (Fsp3) is 0.720. The predicted octanol–water partition coefficient (Wildman–Crippen LogP) is 9.55. The summed E-state index contributed by atoms with van der Waals surface area (Å²) in [6.07, 6.45) is 38.7. The minimum absolute atomic E-state index is 0.0791. The van der Waals surface area contributed by atoms with Gasteiger partial charge in [0.2, 0.25) is 0 Å². The number of quaternary nitrogens is 1. The maximum absolute atomic E-state index is 12.8. The molecule has 13 heteroatoms. The van der Waals surface area contributed by atoms with Crippen LogP contribution < -0.4 is 4.89 Å². The summed E-state index contributed by atoms with van der Waals surface area (Å²) in [5.74, 6) is -1.39. The lowest BCUT2D eigenvalue weighted by Gasteiger charge is -2.28. The van der Waals surface area contributed by atoms with Gasteiger partial charge in [0.25, 0.3) is 7.82 Å². The number of carbonyl (C=O) groups is 2. The Hall–Kier alpha value is -2.67. The van der Waals surface area contributed by atoms with Crippen molar-refractivity contribution in [3.05, 3.63) is 72.9 Å². The number of ether oxygens (including phenoxy) is 2. The number of hydrogen-bond acceptors (Lipinski definition) is 11. The molecule has 1 aliphatic carbocycles. The molecule has 0 spiro atoms. The van der Waals surface area contributed by atoms with Crippen molar-refractivity contribution >= 4 is 19.8 Å². The van der Waals surface area contributed by atoms with Crippen LogP contribution in [0.2, 0.25) is 0 Å². The van der Waals surface area contributed by atoms with Crippen LogP contribution in [-0.4, -0.2) is 104 Å². The third kappa shape index (κ3) is 33.5. The number of nitrogens with zero attached hydrogens (tertiary/aromatic N) is 1.